The molecule has 0 bridgehead atoms. The third-order valence-corrected chi connectivity index (χ3v) is 8.88. The molecule has 2 heterocycles. The van der Waals surface area contributed by atoms with Gasteiger partial charge in [-0.15, -0.1) is 0 Å². The number of benzene rings is 1. The van der Waals surface area contributed by atoms with Crippen LogP contribution in [0.2, 0.25) is 0 Å². The number of amides is 1. The largest absolute Gasteiger partial charge is 0.480 e. The maximum atomic E-state index is 13.3. The number of anilines is 1. The van der Waals surface area contributed by atoms with Crippen LogP contribution in [0.5, 0.6) is 5.75 Å². The average Bonchev–Trinajstić information content (AvgIpc) is 3.20. The van der Waals surface area contributed by atoms with E-state index in [4.69, 9.17) is 4.74 Å². The molecule has 3 rings (SSSR count). The van der Waals surface area contributed by atoms with E-state index >= 15 is 0 Å². The molecule has 1 aliphatic rings. The first-order chi connectivity index (χ1) is 16.9. The van der Waals surface area contributed by atoms with Crippen molar-refractivity contribution in [3.8, 4) is 5.75 Å². The van der Waals surface area contributed by atoms with Gasteiger partial charge in [-0.1, -0.05) is 11.3 Å². The summed E-state index contributed by atoms with van der Waals surface area (Å²) in [5.41, 5.74) is -0.505. The molecule has 2 aromatic rings. The molecule has 1 fully saturated rings. The second-order valence-electron chi connectivity index (χ2n) is 8.31. The van der Waals surface area contributed by atoms with Crippen LogP contribution in [-0.4, -0.2) is 69.4 Å². The van der Waals surface area contributed by atoms with Gasteiger partial charge >= 0.3 is 12.4 Å². The third-order valence-electron chi connectivity index (χ3n) is 5.67. The Bertz CT molecular complexity index is 1300. The number of rotatable bonds is 5. The number of piperazine rings is 1. The molecule has 204 valence electrons. The number of aryl methyl sites for hydroxylation is 1. The standard InChI is InChI=1S/C22H23F6N3O4S2/c1-12-18(22(26,27)28)36-20(29-12)31-9-7-30(8-10-31)19(33)16-11-15(37(4,34)14(3)32)5-6-17(16)35-13(2)21(23,24)25/h5-6,11,13H,4,7-10H2,1-3H3/t13-,37?/m0/s1. The fraction of sp³-hybridized carbons (Fsp3) is 0.455. The van der Waals surface area contributed by atoms with Crippen LogP contribution in [0.25, 0.3) is 0 Å². The van der Waals surface area contributed by atoms with Gasteiger partial charge < -0.3 is 14.5 Å². The van der Waals surface area contributed by atoms with Crippen molar-refractivity contribution in [2.75, 3.05) is 31.1 Å². The van der Waals surface area contributed by atoms with E-state index in [9.17, 15) is 40.1 Å². The lowest BCUT2D eigenvalue weighted by molar-refractivity contribution is -0.189. The van der Waals surface area contributed by atoms with Gasteiger partial charge in [-0.3, -0.25) is 13.8 Å². The maximum absolute atomic E-state index is 13.3. The highest BCUT2D eigenvalue weighted by Crippen LogP contribution is 2.39. The van der Waals surface area contributed by atoms with E-state index < -0.39 is 49.6 Å². The van der Waals surface area contributed by atoms with E-state index in [1.54, 1.807) is 4.90 Å². The maximum Gasteiger partial charge on any atom is 0.427 e. The molecular formula is C22H23F6N3O4S2. The Balaban J connectivity index is 1.87. The summed E-state index contributed by atoms with van der Waals surface area (Å²) in [6.07, 6.45) is -11.5. The van der Waals surface area contributed by atoms with Crippen molar-refractivity contribution in [3.63, 3.8) is 0 Å². The van der Waals surface area contributed by atoms with Crippen LogP contribution in [0.3, 0.4) is 0 Å². The molecule has 7 nitrogen and oxygen atoms in total. The second-order valence-corrected chi connectivity index (χ2v) is 11.7. The van der Waals surface area contributed by atoms with Crippen molar-refractivity contribution in [2.45, 2.75) is 44.1 Å². The van der Waals surface area contributed by atoms with E-state index in [1.165, 1.54) is 11.8 Å². The van der Waals surface area contributed by atoms with Crippen molar-refractivity contribution < 1.29 is 44.9 Å². The minimum absolute atomic E-state index is 0.0176. The minimum atomic E-state index is -4.73. The number of hydrogen-bond donors (Lipinski definition) is 0. The number of aromatic nitrogens is 1. The highest BCUT2D eigenvalue weighted by Gasteiger charge is 2.39. The first kappa shape index (κ1) is 28.8. The zero-order valence-electron chi connectivity index (χ0n) is 19.9. The first-order valence-electron chi connectivity index (χ1n) is 10.8. The Morgan fingerprint density at radius 2 is 1.73 bits per heavy atom. The quantitative estimate of drug-likeness (QED) is 0.392. The zero-order chi connectivity index (χ0) is 27.9. The number of nitrogens with zero attached hydrogens (tertiary/aromatic N) is 3. The Morgan fingerprint density at radius 3 is 2.22 bits per heavy atom. The highest BCUT2D eigenvalue weighted by atomic mass is 32.2. The van der Waals surface area contributed by atoms with Crippen LogP contribution in [0.1, 0.15) is 34.8 Å². The van der Waals surface area contributed by atoms with Crippen LogP contribution < -0.4 is 9.64 Å². The molecule has 0 saturated carbocycles. The average molecular weight is 572 g/mol. The molecule has 2 atom stereocenters. The van der Waals surface area contributed by atoms with Gasteiger partial charge in [0.1, 0.15) is 10.6 Å². The number of thiazole rings is 1. The summed E-state index contributed by atoms with van der Waals surface area (Å²) >= 11 is 0.487. The van der Waals surface area contributed by atoms with E-state index in [0.717, 1.165) is 32.0 Å². The van der Waals surface area contributed by atoms with Crippen LogP contribution in [-0.2, 0) is 20.5 Å². The topological polar surface area (TPSA) is 79.8 Å². The third kappa shape index (κ3) is 6.20. The molecule has 0 N–H and O–H groups in total. The molecule has 0 spiro atoms. The van der Waals surface area contributed by atoms with Crippen LogP contribution in [0.15, 0.2) is 23.1 Å². The highest BCUT2D eigenvalue weighted by molar-refractivity contribution is 8.13. The number of alkyl halides is 6. The molecule has 1 aromatic carbocycles. The lowest BCUT2D eigenvalue weighted by Crippen LogP contribution is -2.49. The molecular weight excluding hydrogens is 548 g/mol. The summed E-state index contributed by atoms with van der Waals surface area (Å²) in [4.78, 5) is 31.0. The Morgan fingerprint density at radius 1 is 1.14 bits per heavy atom. The SMILES string of the molecule is C=S(=O)(C(C)=O)c1ccc(O[C@@H](C)C(F)(F)F)c(C(=O)N2CCN(c3nc(C)c(C(F)(F)F)s3)CC2)c1. The lowest BCUT2D eigenvalue weighted by atomic mass is 10.1. The van der Waals surface area contributed by atoms with Gasteiger partial charge in [-0.2, -0.15) is 26.3 Å². The summed E-state index contributed by atoms with van der Waals surface area (Å²) in [5, 5.41) is -0.644. The molecule has 1 aliphatic heterocycles. The summed E-state index contributed by atoms with van der Waals surface area (Å²) in [5.74, 6) is 2.21. The number of carbonyl (C=O) groups is 2. The van der Waals surface area contributed by atoms with Gasteiger partial charge in [-0.25, -0.2) is 4.98 Å². The second kappa shape index (κ2) is 10.2. The van der Waals surface area contributed by atoms with Gasteiger partial charge in [0.15, 0.2) is 11.2 Å². The fourth-order valence-electron chi connectivity index (χ4n) is 3.46. The number of ether oxygens (including phenoxy) is 1. The number of carbonyl (C=O) groups excluding carboxylic acids is 2. The normalized spacial score (nSPS) is 17.3. The van der Waals surface area contributed by atoms with Crippen molar-refractivity contribution in [1.82, 2.24) is 9.88 Å². The Labute approximate surface area is 213 Å². The van der Waals surface area contributed by atoms with E-state index in [2.05, 4.69) is 10.9 Å². The smallest absolute Gasteiger partial charge is 0.427 e. The van der Waals surface area contributed by atoms with Gasteiger partial charge in [0, 0.05) is 38.0 Å². The molecule has 37 heavy (non-hydrogen) atoms. The van der Waals surface area contributed by atoms with Gasteiger partial charge in [-0.05, 0) is 37.9 Å². The van der Waals surface area contributed by atoms with Crippen LogP contribution in [0, 0.1) is 6.92 Å². The number of halogens is 6. The first-order valence-corrected chi connectivity index (χ1v) is 13.3. The van der Waals surface area contributed by atoms with Gasteiger partial charge in [0.05, 0.1) is 20.8 Å². The summed E-state index contributed by atoms with van der Waals surface area (Å²) in [6.45, 7) is 3.31. The Hall–Kier alpha value is -2.81. The van der Waals surface area contributed by atoms with Crippen LogP contribution >= 0.6 is 11.3 Å². The predicted octanol–water partition coefficient (Wildman–Crippen LogP) is 4.38. The molecule has 0 aliphatic carbocycles. The molecule has 1 amide bonds. The lowest BCUT2D eigenvalue weighted by Gasteiger charge is -2.35. The van der Waals surface area contributed by atoms with E-state index in [-0.39, 0.29) is 47.5 Å². The monoisotopic (exact) mass is 571 g/mol. The zero-order valence-corrected chi connectivity index (χ0v) is 21.5. The van der Waals surface area contributed by atoms with Gasteiger partial charge in [0.25, 0.3) is 5.91 Å². The van der Waals surface area contributed by atoms with Gasteiger partial charge in [0.2, 0.25) is 5.12 Å². The molecule has 1 unspecified atom stereocenters. The summed E-state index contributed by atoms with van der Waals surface area (Å²) in [7, 11) is -3.49. The van der Waals surface area contributed by atoms with Crippen molar-refractivity contribution in [2.24, 2.45) is 0 Å². The van der Waals surface area contributed by atoms with E-state index in [1.807, 2.05) is 0 Å². The molecule has 1 saturated heterocycles. The minimum Gasteiger partial charge on any atom is -0.480 e. The predicted molar refractivity (Wildman–Crippen MR) is 127 cm³/mol. The summed E-state index contributed by atoms with van der Waals surface area (Å²) in [6, 6.07) is 3.18. The summed E-state index contributed by atoms with van der Waals surface area (Å²) < 4.78 is 96.4. The van der Waals surface area contributed by atoms with Crippen molar-refractivity contribution >= 4 is 42.9 Å². The van der Waals surface area contributed by atoms with Crippen LogP contribution in [0.4, 0.5) is 31.5 Å². The van der Waals surface area contributed by atoms with Crippen molar-refractivity contribution in [3.05, 3.63) is 34.3 Å². The fourth-order valence-corrected chi connectivity index (χ4v) is 5.37. The molecule has 1 aromatic heterocycles. The molecule has 0 radical (unpaired) electrons. The Kier molecular flexibility index (Phi) is 7.89. The van der Waals surface area contributed by atoms with E-state index in [0.29, 0.717) is 11.3 Å². The number of hydrogen-bond acceptors (Lipinski definition) is 7. The molecule has 15 heteroatoms. The van der Waals surface area contributed by atoms with Crippen molar-refractivity contribution in [1.29, 1.82) is 0 Å².